The zero-order valence-corrected chi connectivity index (χ0v) is 11.2. The van der Waals surface area contributed by atoms with Crippen LogP contribution >= 0.6 is 0 Å². The highest BCUT2D eigenvalue weighted by Gasteiger charge is 2.08. The van der Waals surface area contributed by atoms with Crippen LogP contribution < -0.4 is 10.6 Å². The van der Waals surface area contributed by atoms with Crippen LogP contribution in [-0.4, -0.2) is 16.8 Å². The number of anilines is 1. The van der Waals surface area contributed by atoms with Crippen molar-refractivity contribution in [1.29, 1.82) is 0 Å². The summed E-state index contributed by atoms with van der Waals surface area (Å²) < 4.78 is 1.82. The summed E-state index contributed by atoms with van der Waals surface area (Å²) >= 11 is 0. The molecule has 0 amide bonds. The van der Waals surface area contributed by atoms with E-state index in [1.165, 1.54) is 22.4 Å². The van der Waals surface area contributed by atoms with Crippen molar-refractivity contribution in [2.75, 3.05) is 11.9 Å². The predicted molar refractivity (Wildman–Crippen MR) is 74.4 cm³/mol. The molecule has 0 fully saturated rings. The molecule has 2 N–H and O–H groups in total. The second-order valence-electron chi connectivity index (χ2n) is 4.71. The van der Waals surface area contributed by atoms with Crippen molar-refractivity contribution in [1.82, 2.24) is 9.78 Å². The number of nitrogens with two attached hydrogens (primary N) is 1. The lowest BCUT2D eigenvalue weighted by atomic mass is 10.1. The fraction of sp³-hybridized carbons (Fsp3) is 0.357. The van der Waals surface area contributed by atoms with Crippen LogP contribution in [0.2, 0.25) is 0 Å². The summed E-state index contributed by atoms with van der Waals surface area (Å²) in [6.45, 7) is 3.50. The SMILES string of the molecule is Cc1ccc(CN)c(N(C)Cc2cnn(C)c2)c1. The van der Waals surface area contributed by atoms with Gasteiger partial charge < -0.3 is 10.6 Å². The van der Waals surface area contributed by atoms with Crippen molar-refractivity contribution in [2.45, 2.75) is 20.0 Å². The van der Waals surface area contributed by atoms with Gasteiger partial charge in [-0.05, 0) is 24.1 Å². The summed E-state index contributed by atoms with van der Waals surface area (Å²) in [5.74, 6) is 0. The van der Waals surface area contributed by atoms with Crippen molar-refractivity contribution < 1.29 is 0 Å². The molecule has 1 aromatic carbocycles. The van der Waals surface area contributed by atoms with E-state index in [0.717, 1.165) is 6.54 Å². The lowest BCUT2D eigenvalue weighted by molar-refractivity contribution is 0.766. The Bertz CT molecular complexity index is 530. The van der Waals surface area contributed by atoms with E-state index < -0.39 is 0 Å². The highest BCUT2D eigenvalue weighted by Crippen LogP contribution is 2.22. The van der Waals surface area contributed by atoms with Gasteiger partial charge in [0, 0.05) is 44.6 Å². The van der Waals surface area contributed by atoms with Gasteiger partial charge in [0.1, 0.15) is 0 Å². The molecule has 4 nitrogen and oxygen atoms in total. The van der Waals surface area contributed by atoms with Crippen molar-refractivity contribution >= 4 is 5.69 Å². The van der Waals surface area contributed by atoms with E-state index in [1.54, 1.807) is 0 Å². The molecule has 2 rings (SSSR count). The van der Waals surface area contributed by atoms with Gasteiger partial charge in [-0.3, -0.25) is 4.68 Å². The Labute approximate surface area is 108 Å². The maximum absolute atomic E-state index is 5.79. The predicted octanol–water partition coefficient (Wildman–Crippen LogP) is 1.82. The van der Waals surface area contributed by atoms with Crippen LogP contribution in [0.5, 0.6) is 0 Å². The van der Waals surface area contributed by atoms with Gasteiger partial charge in [0.15, 0.2) is 0 Å². The van der Waals surface area contributed by atoms with Crippen LogP contribution in [0.1, 0.15) is 16.7 Å². The monoisotopic (exact) mass is 244 g/mol. The summed E-state index contributed by atoms with van der Waals surface area (Å²) in [5.41, 5.74) is 10.6. The third-order valence-electron chi connectivity index (χ3n) is 3.05. The Hall–Kier alpha value is -1.81. The van der Waals surface area contributed by atoms with Gasteiger partial charge in [-0.1, -0.05) is 12.1 Å². The highest BCUT2D eigenvalue weighted by molar-refractivity contribution is 5.55. The van der Waals surface area contributed by atoms with Crippen molar-refractivity contribution in [3.8, 4) is 0 Å². The maximum Gasteiger partial charge on any atom is 0.0539 e. The fourth-order valence-corrected chi connectivity index (χ4v) is 2.11. The first-order valence-electron chi connectivity index (χ1n) is 6.08. The van der Waals surface area contributed by atoms with Gasteiger partial charge in [0.05, 0.1) is 6.20 Å². The van der Waals surface area contributed by atoms with Gasteiger partial charge in [0.2, 0.25) is 0 Å². The Kier molecular flexibility index (Phi) is 3.67. The van der Waals surface area contributed by atoms with E-state index >= 15 is 0 Å². The molecule has 1 aromatic heterocycles. The number of hydrogen-bond donors (Lipinski definition) is 1. The Morgan fingerprint density at radius 2 is 2.17 bits per heavy atom. The van der Waals surface area contributed by atoms with E-state index in [4.69, 9.17) is 5.73 Å². The second-order valence-corrected chi connectivity index (χ2v) is 4.71. The number of nitrogens with zero attached hydrogens (tertiary/aromatic N) is 3. The van der Waals surface area contributed by atoms with E-state index in [1.807, 2.05) is 24.1 Å². The molecule has 0 aliphatic carbocycles. The Balaban J connectivity index is 2.22. The number of hydrogen-bond acceptors (Lipinski definition) is 3. The zero-order valence-electron chi connectivity index (χ0n) is 11.2. The van der Waals surface area contributed by atoms with Gasteiger partial charge in [-0.2, -0.15) is 5.10 Å². The average Bonchev–Trinajstić information content (AvgIpc) is 2.74. The maximum atomic E-state index is 5.79. The molecule has 96 valence electrons. The lowest BCUT2D eigenvalue weighted by Gasteiger charge is -2.22. The minimum absolute atomic E-state index is 0.562. The molecular weight excluding hydrogens is 224 g/mol. The molecule has 0 aliphatic heterocycles. The minimum atomic E-state index is 0.562. The van der Waals surface area contributed by atoms with Crippen LogP contribution in [-0.2, 0) is 20.1 Å². The van der Waals surface area contributed by atoms with Crippen LogP contribution in [0.15, 0.2) is 30.6 Å². The molecule has 18 heavy (non-hydrogen) atoms. The second kappa shape index (κ2) is 5.23. The molecule has 0 unspecified atom stereocenters. The number of rotatable bonds is 4. The molecule has 0 radical (unpaired) electrons. The summed E-state index contributed by atoms with van der Waals surface area (Å²) in [4.78, 5) is 2.21. The van der Waals surface area contributed by atoms with E-state index in [2.05, 4.69) is 42.2 Å². The molecule has 0 bridgehead atoms. The standard InChI is InChI=1S/C14H20N4/c1-11-4-5-13(7-15)14(6-11)17(2)9-12-8-16-18(3)10-12/h4-6,8,10H,7,9,15H2,1-3H3. The van der Waals surface area contributed by atoms with Crippen LogP contribution in [0.4, 0.5) is 5.69 Å². The number of aryl methyl sites for hydroxylation is 2. The quantitative estimate of drug-likeness (QED) is 0.892. The molecule has 4 heteroatoms. The first kappa shape index (κ1) is 12.6. The molecular formula is C14H20N4. The van der Waals surface area contributed by atoms with Crippen molar-refractivity contribution in [3.63, 3.8) is 0 Å². The highest BCUT2D eigenvalue weighted by atomic mass is 15.2. The fourth-order valence-electron chi connectivity index (χ4n) is 2.11. The van der Waals surface area contributed by atoms with E-state index in [9.17, 15) is 0 Å². The molecule has 0 saturated heterocycles. The van der Waals surface area contributed by atoms with Gasteiger partial charge >= 0.3 is 0 Å². The lowest BCUT2D eigenvalue weighted by Crippen LogP contribution is -2.18. The molecule has 0 spiro atoms. The molecule has 0 aliphatic rings. The van der Waals surface area contributed by atoms with Gasteiger partial charge in [-0.15, -0.1) is 0 Å². The third-order valence-corrected chi connectivity index (χ3v) is 3.05. The molecule has 0 saturated carbocycles. The average molecular weight is 244 g/mol. The third kappa shape index (κ3) is 2.71. The Morgan fingerprint density at radius 1 is 1.39 bits per heavy atom. The van der Waals surface area contributed by atoms with E-state index in [0.29, 0.717) is 6.54 Å². The van der Waals surface area contributed by atoms with E-state index in [-0.39, 0.29) is 0 Å². The van der Waals surface area contributed by atoms with Gasteiger partial charge in [0.25, 0.3) is 0 Å². The minimum Gasteiger partial charge on any atom is -0.370 e. The van der Waals surface area contributed by atoms with Crippen LogP contribution in [0, 0.1) is 6.92 Å². The normalized spacial score (nSPS) is 10.7. The first-order valence-corrected chi connectivity index (χ1v) is 6.08. The number of benzene rings is 1. The summed E-state index contributed by atoms with van der Waals surface area (Å²) in [6, 6.07) is 6.38. The van der Waals surface area contributed by atoms with Crippen LogP contribution in [0.25, 0.3) is 0 Å². The number of aromatic nitrogens is 2. The first-order chi connectivity index (χ1) is 8.60. The largest absolute Gasteiger partial charge is 0.370 e. The smallest absolute Gasteiger partial charge is 0.0539 e. The molecule has 2 aromatic rings. The van der Waals surface area contributed by atoms with Crippen molar-refractivity contribution in [2.24, 2.45) is 12.8 Å². The summed E-state index contributed by atoms with van der Waals surface area (Å²) in [7, 11) is 4.02. The topological polar surface area (TPSA) is 47.1 Å². The zero-order chi connectivity index (χ0) is 13.1. The molecule has 1 heterocycles. The van der Waals surface area contributed by atoms with Crippen molar-refractivity contribution in [3.05, 3.63) is 47.3 Å². The Morgan fingerprint density at radius 3 is 2.78 bits per heavy atom. The van der Waals surface area contributed by atoms with Crippen LogP contribution in [0.3, 0.4) is 0 Å². The summed E-state index contributed by atoms with van der Waals surface area (Å²) in [6.07, 6.45) is 3.93. The molecule has 0 atom stereocenters. The summed E-state index contributed by atoms with van der Waals surface area (Å²) in [5, 5.41) is 4.19. The van der Waals surface area contributed by atoms with Gasteiger partial charge in [-0.25, -0.2) is 0 Å².